The first-order valence-electron chi connectivity index (χ1n) is 15.0. The molecular weight excluding hydrogens is 644 g/mol. The molecule has 0 aliphatic heterocycles. The van der Waals surface area contributed by atoms with Crippen LogP contribution in [0.25, 0.3) is 11.1 Å². The van der Waals surface area contributed by atoms with E-state index in [-0.39, 0.29) is 29.7 Å². The summed E-state index contributed by atoms with van der Waals surface area (Å²) in [7, 11) is 0. The van der Waals surface area contributed by atoms with E-state index in [1.54, 1.807) is 18.2 Å². The second kappa shape index (κ2) is 13.8. The Bertz CT molecular complexity index is 1860. The van der Waals surface area contributed by atoms with Gasteiger partial charge in [0.15, 0.2) is 0 Å². The molecule has 0 saturated heterocycles. The lowest BCUT2D eigenvalue weighted by molar-refractivity contribution is -0.139. The van der Waals surface area contributed by atoms with Crippen LogP contribution in [-0.2, 0) is 16.0 Å². The third-order valence-electron chi connectivity index (χ3n) is 8.01. The van der Waals surface area contributed by atoms with E-state index < -0.39 is 17.9 Å². The lowest BCUT2D eigenvalue weighted by Crippen LogP contribution is -2.42. The van der Waals surface area contributed by atoms with Crippen molar-refractivity contribution in [1.29, 1.82) is 0 Å². The Hall–Kier alpha value is -5.21. The molecule has 0 bridgehead atoms. The van der Waals surface area contributed by atoms with Crippen LogP contribution in [0.4, 0.5) is 5.69 Å². The zero-order valence-electron chi connectivity index (χ0n) is 24.7. The number of hydrogen-bond donors (Lipinski definition) is 3. The molecule has 0 spiro atoms. The van der Waals surface area contributed by atoms with Gasteiger partial charge in [-0.2, -0.15) is 0 Å². The fourth-order valence-corrected chi connectivity index (χ4v) is 5.86. The third kappa shape index (κ3) is 7.35. The van der Waals surface area contributed by atoms with E-state index >= 15 is 0 Å². The molecule has 1 aliphatic carbocycles. The summed E-state index contributed by atoms with van der Waals surface area (Å²) in [6.07, 6.45) is 0.805. The average molecular weight is 676 g/mol. The summed E-state index contributed by atoms with van der Waals surface area (Å²) in [5.74, 6) is -0.549. The Kier molecular flexibility index (Phi) is 9.26. The molecule has 2 unspecified atom stereocenters. The number of benzene rings is 5. The van der Waals surface area contributed by atoms with Gasteiger partial charge in [0.2, 0.25) is 5.91 Å². The van der Waals surface area contributed by atoms with Crippen molar-refractivity contribution in [2.45, 2.75) is 24.8 Å². The molecule has 2 amide bonds. The Morgan fingerprint density at radius 2 is 1.50 bits per heavy atom. The average Bonchev–Trinajstić information content (AvgIpc) is 3.88. The van der Waals surface area contributed by atoms with Crippen molar-refractivity contribution in [3.8, 4) is 22.6 Å². The van der Waals surface area contributed by atoms with Crippen molar-refractivity contribution in [1.82, 2.24) is 5.32 Å². The van der Waals surface area contributed by atoms with Gasteiger partial charge < -0.3 is 20.5 Å². The summed E-state index contributed by atoms with van der Waals surface area (Å²) in [6, 6.07) is 38.4. The minimum Gasteiger partial charge on any atom is -0.480 e. The molecule has 1 saturated carbocycles. The number of anilines is 1. The van der Waals surface area contributed by atoms with E-state index in [0.717, 1.165) is 34.4 Å². The largest absolute Gasteiger partial charge is 0.480 e. The highest BCUT2D eigenvalue weighted by molar-refractivity contribution is 9.10. The monoisotopic (exact) mass is 674 g/mol. The highest BCUT2D eigenvalue weighted by Crippen LogP contribution is 2.48. The minimum absolute atomic E-state index is 0.0695. The number of aliphatic carboxylic acids is 1. The van der Waals surface area contributed by atoms with Gasteiger partial charge in [-0.3, -0.25) is 9.59 Å². The van der Waals surface area contributed by atoms with Gasteiger partial charge in [-0.05, 0) is 65.4 Å². The second-order valence-electron chi connectivity index (χ2n) is 11.2. The van der Waals surface area contributed by atoms with E-state index in [4.69, 9.17) is 4.74 Å². The molecule has 46 heavy (non-hydrogen) atoms. The van der Waals surface area contributed by atoms with Crippen molar-refractivity contribution >= 4 is 39.4 Å². The number of para-hydroxylation sites is 2. The van der Waals surface area contributed by atoms with E-state index in [1.165, 1.54) is 0 Å². The van der Waals surface area contributed by atoms with Gasteiger partial charge in [-0.1, -0.05) is 107 Å². The van der Waals surface area contributed by atoms with E-state index in [9.17, 15) is 19.5 Å². The van der Waals surface area contributed by atoms with Crippen molar-refractivity contribution < 1.29 is 24.2 Å². The quantitative estimate of drug-likeness (QED) is 0.131. The lowest BCUT2D eigenvalue weighted by Gasteiger charge is -2.17. The Balaban J connectivity index is 1.13. The summed E-state index contributed by atoms with van der Waals surface area (Å²) in [5, 5.41) is 15.6. The Morgan fingerprint density at radius 3 is 2.22 bits per heavy atom. The van der Waals surface area contributed by atoms with E-state index in [1.807, 2.05) is 109 Å². The number of hydrogen-bond acceptors (Lipinski definition) is 4. The normalized spacial score (nSPS) is 15.8. The van der Waals surface area contributed by atoms with Crippen LogP contribution in [-0.4, -0.2) is 28.9 Å². The van der Waals surface area contributed by atoms with Gasteiger partial charge in [-0.25, -0.2) is 4.79 Å². The molecule has 6 rings (SSSR count). The van der Waals surface area contributed by atoms with Crippen molar-refractivity contribution in [3.05, 3.63) is 149 Å². The molecule has 0 radical (unpaired) electrons. The first-order chi connectivity index (χ1) is 22.4. The SMILES string of the molecule is O=C(N[C@@H](Cc1ccc(-c2ccccc2Oc2ccccc2)cc1)C(=O)O)c1cc(Br)ccc1NC(=O)C1CC1c1ccccc1. The standard InChI is InChI=1S/C38H31BrN2O5/c39-27-19-20-33(40-36(42)31-23-30(31)25-9-3-1-4-10-25)32(22-27)37(43)41-34(38(44)45)21-24-15-17-26(18-16-24)29-13-7-8-14-35(29)46-28-11-5-2-6-12-28/h1-20,22,30-31,34H,21,23H2,(H,40,42)(H,41,43)(H,44,45)/t30?,31?,34-/m0/s1. The summed E-state index contributed by atoms with van der Waals surface area (Å²) in [5.41, 5.74) is 4.16. The summed E-state index contributed by atoms with van der Waals surface area (Å²) >= 11 is 3.39. The first kappa shape index (κ1) is 30.8. The maximum Gasteiger partial charge on any atom is 0.326 e. The highest BCUT2D eigenvalue weighted by Gasteiger charge is 2.44. The molecule has 3 N–H and O–H groups in total. The Morgan fingerprint density at radius 1 is 0.826 bits per heavy atom. The maximum atomic E-state index is 13.4. The highest BCUT2D eigenvalue weighted by atomic mass is 79.9. The van der Waals surface area contributed by atoms with Crippen LogP contribution in [0, 0.1) is 5.92 Å². The first-order valence-corrected chi connectivity index (χ1v) is 15.8. The zero-order valence-corrected chi connectivity index (χ0v) is 26.3. The zero-order chi connectivity index (χ0) is 32.0. The fourth-order valence-electron chi connectivity index (χ4n) is 5.49. The van der Waals surface area contributed by atoms with Gasteiger partial charge in [0.05, 0.1) is 11.3 Å². The van der Waals surface area contributed by atoms with Gasteiger partial charge in [0.1, 0.15) is 17.5 Å². The van der Waals surface area contributed by atoms with E-state index in [2.05, 4.69) is 26.6 Å². The molecule has 1 fully saturated rings. The molecule has 0 heterocycles. The van der Waals surface area contributed by atoms with E-state index in [0.29, 0.717) is 15.9 Å². The molecule has 5 aromatic rings. The summed E-state index contributed by atoms with van der Waals surface area (Å²) in [6.45, 7) is 0. The van der Waals surface area contributed by atoms with Crippen LogP contribution in [0.15, 0.2) is 132 Å². The van der Waals surface area contributed by atoms with Crippen molar-refractivity contribution in [2.24, 2.45) is 5.92 Å². The van der Waals surface area contributed by atoms with Crippen LogP contribution >= 0.6 is 15.9 Å². The number of amides is 2. The van der Waals surface area contributed by atoms with Gasteiger partial charge >= 0.3 is 5.97 Å². The summed E-state index contributed by atoms with van der Waals surface area (Å²) < 4.78 is 6.73. The number of rotatable bonds is 11. The van der Waals surface area contributed by atoms with Crippen LogP contribution < -0.4 is 15.4 Å². The van der Waals surface area contributed by atoms with Crippen molar-refractivity contribution in [2.75, 3.05) is 5.32 Å². The minimum atomic E-state index is -1.19. The predicted octanol–water partition coefficient (Wildman–Crippen LogP) is 8.08. The van der Waals surface area contributed by atoms with Gasteiger partial charge in [0, 0.05) is 22.4 Å². The number of ether oxygens (including phenoxy) is 1. The molecule has 3 atom stereocenters. The lowest BCUT2D eigenvalue weighted by atomic mass is 9.99. The predicted molar refractivity (Wildman–Crippen MR) is 181 cm³/mol. The van der Waals surface area contributed by atoms with Gasteiger partial charge in [-0.15, -0.1) is 0 Å². The molecule has 1 aliphatic rings. The Labute approximate surface area is 275 Å². The van der Waals surface area contributed by atoms with Crippen LogP contribution in [0.1, 0.15) is 33.8 Å². The van der Waals surface area contributed by atoms with Crippen LogP contribution in [0.3, 0.4) is 0 Å². The van der Waals surface area contributed by atoms with Crippen LogP contribution in [0.2, 0.25) is 0 Å². The molecule has 8 heteroatoms. The third-order valence-corrected chi connectivity index (χ3v) is 8.50. The van der Waals surface area contributed by atoms with Crippen LogP contribution in [0.5, 0.6) is 11.5 Å². The number of carboxylic acids is 1. The maximum absolute atomic E-state index is 13.4. The number of carbonyl (C=O) groups excluding carboxylic acids is 2. The number of carboxylic acid groups (broad SMARTS) is 1. The van der Waals surface area contributed by atoms with Gasteiger partial charge in [0.25, 0.3) is 5.91 Å². The topological polar surface area (TPSA) is 105 Å². The second-order valence-corrected chi connectivity index (χ2v) is 12.1. The molecule has 5 aromatic carbocycles. The summed E-state index contributed by atoms with van der Waals surface area (Å²) in [4.78, 5) is 38.8. The molecule has 230 valence electrons. The number of nitrogens with one attached hydrogen (secondary N) is 2. The molecular formula is C38H31BrN2O5. The smallest absolute Gasteiger partial charge is 0.326 e. The van der Waals surface area contributed by atoms with Crippen molar-refractivity contribution in [3.63, 3.8) is 0 Å². The number of carbonyl (C=O) groups is 3. The number of halogens is 1. The molecule has 0 aromatic heterocycles. The fraction of sp³-hybridized carbons (Fsp3) is 0.132. The molecule has 7 nitrogen and oxygen atoms in total.